The van der Waals surface area contributed by atoms with Crippen molar-refractivity contribution in [2.24, 2.45) is 0 Å². The lowest BCUT2D eigenvalue weighted by molar-refractivity contribution is -0.136. The van der Waals surface area contributed by atoms with Crippen molar-refractivity contribution in [2.45, 2.75) is 94.1 Å². The zero-order chi connectivity index (χ0) is 38.1. The first-order valence-corrected chi connectivity index (χ1v) is 18.6. The molecule has 4 unspecified atom stereocenters. The van der Waals surface area contributed by atoms with Crippen LogP contribution >= 0.6 is 23.2 Å². The number of benzene rings is 2. The maximum atomic E-state index is 12.8. The molecule has 53 heavy (non-hydrogen) atoms. The van der Waals surface area contributed by atoms with Crippen molar-refractivity contribution < 1.29 is 49.7 Å². The van der Waals surface area contributed by atoms with Gasteiger partial charge in [-0.1, -0.05) is 41.4 Å². The van der Waals surface area contributed by atoms with Gasteiger partial charge >= 0.3 is 12.0 Å². The normalized spacial score (nSPS) is 17.0. The average molecular weight is 777 g/mol. The van der Waals surface area contributed by atoms with Crippen molar-refractivity contribution in [2.75, 3.05) is 26.2 Å². The Morgan fingerprint density at radius 2 is 1.66 bits per heavy atom. The first-order valence-electron chi connectivity index (χ1n) is 17.8. The number of ether oxygens (including phenoxy) is 2. The predicted octanol–water partition coefficient (Wildman–Crippen LogP) is 4.05. The lowest BCUT2D eigenvalue weighted by atomic mass is 9.96. The maximum Gasteiger partial charge on any atom is 0.317 e. The van der Waals surface area contributed by atoms with Gasteiger partial charge in [0, 0.05) is 46.7 Å². The highest BCUT2D eigenvalue weighted by molar-refractivity contribution is 6.34. The molecule has 4 atom stereocenters. The Balaban J connectivity index is 1.18. The van der Waals surface area contributed by atoms with Crippen LogP contribution in [-0.2, 0) is 28.2 Å². The van der Waals surface area contributed by atoms with E-state index in [2.05, 4.69) is 16.4 Å². The van der Waals surface area contributed by atoms with E-state index in [0.29, 0.717) is 29.3 Å². The number of rotatable bonds is 21. The van der Waals surface area contributed by atoms with Crippen LogP contribution in [0, 0.1) is 0 Å². The number of unbranched alkanes of at least 4 members (excludes halogenated alkanes) is 1. The van der Waals surface area contributed by atoms with Crippen LogP contribution in [0.4, 0.5) is 4.79 Å². The summed E-state index contributed by atoms with van der Waals surface area (Å²) in [6.45, 7) is -1.10. The number of hydrogen-bond acceptors (Lipinski definition) is 10. The number of carboxylic acids is 1. The Hall–Kier alpha value is -3.53. The van der Waals surface area contributed by atoms with E-state index in [9.17, 15) is 30.0 Å². The monoisotopic (exact) mass is 775 g/mol. The molecule has 15 heteroatoms. The SMILES string of the molecule is O=C(O)CCNC(=O)N(CCCCc1cc(Cl)c(COC2(c3cnccc3-c3ccccc3OC3CC3)CC2)cc1Cl)CC(O)C(O)C(O)C(O)CO. The zero-order valence-electron chi connectivity index (χ0n) is 29.2. The van der Waals surface area contributed by atoms with Gasteiger partial charge in [-0.25, -0.2) is 4.79 Å². The van der Waals surface area contributed by atoms with E-state index in [4.69, 9.17) is 42.9 Å². The summed E-state index contributed by atoms with van der Waals surface area (Å²) in [6.07, 6.45) is 1.76. The second-order valence-corrected chi connectivity index (χ2v) is 14.4. The van der Waals surface area contributed by atoms with Gasteiger partial charge in [0.25, 0.3) is 0 Å². The van der Waals surface area contributed by atoms with E-state index in [1.807, 2.05) is 30.5 Å². The van der Waals surface area contributed by atoms with Gasteiger partial charge in [-0.15, -0.1) is 0 Å². The number of amides is 2. The van der Waals surface area contributed by atoms with Crippen LogP contribution in [0.5, 0.6) is 5.75 Å². The summed E-state index contributed by atoms with van der Waals surface area (Å²) in [5.74, 6) is -0.256. The van der Waals surface area contributed by atoms with E-state index in [0.717, 1.165) is 59.3 Å². The van der Waals surface area contributed by atoms with Crippen LogP contribution in [0.2, 0.25) is 10.0 Å². The number of carbonyl (C=O) groups is 2. The van der Waals surface area contributed by atoms with E-state index >= 15 is 0 Å². The van der Waals surface area contributed by atoms with Gasteiger partial charge in [-0.05, 0) is 85.9 Å². The van der Waals surface area contributed by atoms with Crippen LogP contribution in [0.1, 0.15) is 61.6 Å². The Morgan fingerprint density at radius 3 is 2.36 bits per heavy atom. The van der Waals surface area contributed by atoms with Crippen molar-refractivity contribution in [3.63, 3.8) is 0 Å². The topological polar surface area (TPSA) is 202 Å². The first kappa shape index (κ1) is 40.7. The lowest BCUT2D eigenvalue weighted by Gasteiger charge is -2.30. The van der Waals surface area contributed by atoms with Crippen LogP contribution in [0.25, 0.3) is 11.1 Å². The van der Waals surface area contributed by atoms with Crippen LogP contribution in [0.3, 0.4) is 0 Å². The van der Waals surface area contributed by atoms with Crippen molar-refractivity contribution in [3.05, 3.63) is 81.6 Å². The molecule has 1 aromatic heterocycles. The molecule has 5 rings (SSSR count). The number of nitrogens with one attached hydrogen (secondary N) is 1. The van der Waals surface area contributed by atoms with Gasteiger partial charge < -0.3 is 50.3 Å². The van der Waals surface area contributed by atoms with Gasteiger partial charge in [0.1, 0.15) is 30.2 Å². The van der Waals surface area contributed by atoms with Crippen LogP contribution < -0.4 is 10.1 Å². The Bertz CT molecular complexity index is 1710. The van der Waals surface area contributed by atoms with Gasteiger partial charge in [0.15, 0.2) is 0 Å². The molecule has 2 fully saturated rings. The van der Waals surface area contributed by atoms with E-state index in [-0.39, 0.29) is 32.2 Å². The summed E-state index contributed by atoms with van der Waals surface area (Å²) in [5.41, 5.74) is 4.03. The number of hydrogen-bond donors (Lipinski definition) is 7. The quantitative estimate of drug-likeness (QED) is 0.0770. The molecule has 0 spiro atoms. The second-order valence-electron chi connectivity index (χ2n) is 13.6. The zero-order valence-corrected chi connectivity index (χ0v) is 30.8. The maximum absolute atomic E-state index is 12.8. The fraction of sp³-hybridized carbons (Fsp3) is 0.500. The number of urea groups is 1. The summed E-state index contributed by atoms with van der Waals surface area (Å²) >= 11 is 13.5. The molecule has 2 aliphatic carbocycles. The largest absolute Gasteiger partial charge is 0.490 e. The van der Waals surface area contributed by atoms with Crippen molar-refractivity contribution in [1.82, 2.24) is 15.2 Å². The first-order chi connectivity index (χ1) is 25.4. The summed E-state index contributed by atoms with van der Waals surface area (Å²) in [6, 6.07) is 12.9. The minimum Gasteiger partial charge on any atom is -0.490 e. The molecule has 0 bridgehead atoms. The number of carboxylic acid groups (broad SMARTS) is 1. The van der Waals surface area contributed by atoms with E-state index < -0.39 is 55.2 Å². The molecule has 2 aromatic carbocycles. The van der Waals surface area contributed by atoms with E-state index in [1.54, 1.807) is 18.3 Å². The minimum absolute atomic E-state index is 0.105. The predicted molar refractivity (Wildman–Crippen MR) is 197 cm³/mol. The third kappa shape index (κ3) is 11.0. The Kier molecular flexibility index (Phi) is 14.3. The number of aromatic nitrogens is 1. The molecule has 13 nitrogen and oxygen atoms in total. The number of aliphatic carboxylic acids is 1. The van der Waals surface area contributed by atoms with Crippen LogP contribution in [-0.4, -0.2) is 109 Å². The molecule has 3 aromatic rings. The number of halogens is 2. The van der Waals surface area contributed by atoms with E-state index in [1.165, 1.54) is 4.90 Å². The molecule has 2 aliphatic rings. The summed E-state index contributed by atoms with van der Waals surface area (Å²) in [5, 5.41) is 61.8. The molecule has 0 radical (unpaired) electrons. The Morgan fingerprint density at radius 1 is 0.962 bits per heavy atom. The molecule has 2 amide bonds. The average Bonchev–Trinajstić information content (AvgIpc) is 4.10. The molecular formula is C38H47Cl2N3O10. The van der Waals surface area contributed by atoms with Gasteiger partial charge in [-0.3, -0.25) is 9.78 Å². The van der Waals surface area contributed by atoms with Gasteiger partial charge in [0.05, 0.1) is 37.9 Å². The number of aliphatic hydroxyl groups is 5. The number of carbonyl (C=O) groups excluding carboxylic acids is 1. The summed E-state index contributed by atoms with van der Waals surface area (Å²) < 4.78 is 12.8. The standard InChI is InChI=1S/C38H47Cl2N3O10/c39-29-18-24(22-52-38(12-13-38)28-19-41-14-10-26(28)27-6-1-2-7-33(27)53-25-8-9-25)30(40)17-23(29)5-3-4-16-43(37(51)42-15-11-34(47)48)20-31(45)35(49)36(50)32(46)21-44/h1-2,6-7,10,14,17-19,25,31-32,35-36,44-46,49-50H,3-5,8-9,11-13,15-16,20-22H2,(H,42,51)(H,47,48). The third-order valence-electron chi connectivity index (χ3n) is 9.49. The fourth-order valence-corrected chi connectivity index (χ4v) is 6.60. The highest BCUT2D eigenvalue weighted by atomic mass is 35.5. The van der Waals surface area contributed by atoms with Crippen LogP contribution in [0.15, 0.2) is 54.9 Å². The highest BCUT2D eigenvalue weighted by Gasteiger charge is 2.48. The molecule has 1 heterocycles. The number of para-hydroxylation sites is 1. The second kappa shape index (κ2) is 18.7. The number of aryl methyl sites for hydroxylation is 1. The lowest BCUT2D eigenvalue weighted by Crippen LogP contribution is -2.52. The van der Waals surface area contributed by atoms with Crippen molar-refractivity contribution in [3.8, 4) is 16.9 Å². The smallest absolute Gasteiger partial charge is 0.317 e. The highest BCUT2D eigenvalue weighted by Crippen LogP contribution is 2.53. The molecule has 288 valence electrons. The van der Waals surface area contributed by atoms with Gasteiger partial charge in [-0.2, -0.15) is 0 Å². The molecular weight excluding hydrogens is 729 g/mol. The van der Waals surface area contributed by atoms with Crippen molar-refractivity contribution in [1.29, 1.82) is 0 Å². The minimum atomic E-state index is -1.86. The summed E-state index contributed by atoms with van der Waals surface area (Å²) in [7, 11) is 0. The number of pyridine rings is 1. The fourth-order valence-electron chi connectivity index (χ4n) is 6.08. The molecule has 0 aliphatic heterocycles. The molecule has 2 saturated carbocycles. The summed E-state index contributed by atoms with van der Waals surface area (Å²) in [4.78, 5) is 29.3. The third-order valence-corrected chi connectivity index (χ3v) is 10.2. The van der Waals surface area contributed by atoms with Crippen molar-refractivity contribution >= 4 is 35.2 Å². The number of aliphatic hydroxyl groups excluding tert-OH is 5. The molecule has 0 saturated heterocycles. The van der Waals surface area contributed by atoms with Gasteiger partial charge in [0.2, 0.25) is 0 Å². The molecule has 7 N–H and O–H groups in total. The Labute approximate surface area is 318 Å². The number of nitrogens with zero attached hydrogens (tertiary/aromatic N) is 2.